The molecule has 0 unspecified atom stereocenters. The van der Waals surface area contributed by atoms with Gasteiger partial charge in [-0.25, -0.2) is 8.42 Å². The predicted molar refractivity (Wildman–Crippen MR) is 89.4 cm³/mol. The molecule has 5 nitrogen and oxygen atoms in total. The predicted octanol–water partition coefficient (Wildman–Crippen LogP) is 3.35. The summed E-state index contributed by atoms with van der Waals surface area (Å²) in [6.07, 6.45) is 0. The first-order valence-electron chi connectivity index (χ1n) is 6.89. The van der Waals surface area contributed by atoms with Crippen LogP contribution in [0.5, 0.6) is 11.5 Å². The topological polar surface area (TPSA) is 75.6 Å². The molecule has 3 aromatic rings. The highest BCUT2D eigenvalue weighted by molar-refractivity contribution is 7.93. The van der Waals surface area contributed by atoms with E-state index in [9.17, 15) is 13.5 Å². The Balaban J connectivity index is 2.14. The number of aromatic hydroxyl groups is 1. The Morgan fingerprint density at radius 1 is 0.913 bits per heavy atom. The van der Waals surface area contributed by atoms with E-state index in [0.29, 0.717) is 16.5 Å². The van der Waals surface area contributed by atoms with Crippen molar-refractivity contribution >= 4 is 26.5 Å². The molecule has 0 atom stereocenters. The van der Waals surface area contributed by atoms with Crippen LogP contribution in [0.15, 0.2) is 65.6 Å². The normalized spacial score (nSPS) is 11.3. The molecule has 0 aliphatic rings. The highest BCUT2D eigenvalue weighted by Crippen LogP contribution is 2.32. The molecule has 0 saturated carbocycles. The first-order chi connectivity index (χ1) is 11.0. The second-order valence-electron chi connectivity index (χ2n) is 4.93. The molecule has 0 amide bonds. The van der Waals surface area contributed by atoms with Gasteiger partial charge in [-0.3, -0.25) is 4.72 Å². The number of para-hydroxylation sites is 2. The van der Waals surface area contributed by atoms with Gasteiger partial charge in [-0.05, 0) is 24.3 Å². The highest BCUT2D eigenvalue weighted by atomic mass is 32.2. The molecule has 0 bridgehead atoms. The minimum absolute atomic E-state index is 0.122. The van der Waals surface area contributed by atoms with Gasteiger partial charge in [-0.2, -0.15) is 0 Å². The smallest absolute Gasteiger partial charge is 0.262 e. The van der Waals surface area contributed by atoms with E-state index >= 15 is 0 Å². The second-order valence-corrected chi connectivity index (χ2v) is 6.59. The van der Waals surface area contributed by atoms with Crippen LogP contribution < -0.4 is 9.46 Å². The van der Waals surface area contributed by atoms with Crippen LogP contribution in [0.4, 0.5) is 5.69 Å². The Hall–Kier alpha value is -2.73. The fourth-order valence-corrected chi connectivity index (χ4v) is 3.70. The number of hydrogen-bond acceptors (Lipinski definition) is 4. The Kier molecular flexibility index (Phi) is 3.83. The van der Waals surface area contributed by atoms with Crippen LogP contribution >= 0.6 is 0 Å². The maximum atomic E-state index is 12.7. The van der Waals surface area contributed by atoms with Crippen molar-refractivity contribution in [3.05, 3.63) is 60.7 Å². The van der Waals surface area contributed by atoms with E-state index in [0.717, 1.165) is 0 Å². The van der Waals surface area contributed by atoms with Gasteiger partial charge in [0, 0.05) is 10.8 Å². The van der Waals surface area contributed by atoms with E-state index in [1.807, 2.05) is 6.07 Å². The van der Waals surface area contributed by atoms with Gasteiger partial charge in [0.2, 0.25) is 0 Å². The Morgan fingerprint density at radius 3 is 2.26 bits per heavy atom. The van der Waals surface area contributed by atoms with Crippen molar-refractivity contribution in [3.8, 4) is 11.5 Å². The van der Waals surface area contributed by atoms with Crippen LogP contribution in [0.25, 0.3) is 10.8 Å². The van der Waals surface area contributed by atoms with Crippen molar-refractivity contribution in [3.63, 3.8) is 0 Å². The molecule has 3 rings (SSSR count). The van der Waals surface area contributed by atoms with Gasteiger partial charge in [-0.15, -0.1) is 0 Å². The second kappa shape index (κ2) is 5.81. The van der Waals surface area contributed by atoms with E-state index in [4.69, 9.17) is 4.74 Å². The van der Waals surface area contributed by atoms with Crippen LogP contribution in [-0.2, 0) is 10.0 Å². The molecule has 118 valence electrons. The summed E-state index contributed by atoms with van der Waals surface area (Å²) in [7, 11) is -2.32. The van der Waals surface area contributed by atoms with Gasteiger partial charge in [0.1, 0.15) is 11.5 Å². The average Bonchev–Trinajstić information content (AvgIpc) is 2.55. The van der Waals surface area contributed by atoms with E-state index in [1.54, 1.807) is 36.4 Å². The zero-order valence-corrected chi connectivity index (χ0v) is 13.2. The van der Waals surface area contributed by atoms with E-state index in [-0.39, 0.29) is 16.3 Å². The average molecular weight is 329 g/mol. The summed E-state index contributed by atoms with van der Waals surface area (Å²) < 4.78 is 33.1. The van der Waals surface area contributed by atoms with Crippen LogP contribution in [0.3, 0.4) is 0 Å². The van der Waals surface area contributed by atoms with Gasteiger partial charge in [0.05, 0.1) is 17.7 Å². The molecule has 0 saturated heterocycles. The van der Waals surface area contributed by atoms with Crippen LogP contribution in [0, 0.1) is 0 Å². The third-order valence-electron chi connectivity index (χ3n) is 3.50. The number of fused-ring (bicyclic) bond motifs is 1. The number of phenols is 1. The molecule has 0 aromatic heterocycles. The molecule has 3 aromatic carbocycles. The van der Waals surface area contributed by atoms with Crippen molar-refractivity contribution in [2.45, 2.75) is 4.90 Å². The molecule has 0 aliphatic carbocycles. The zero-order chi connectivity index (χ0) is 16.4. The maximum absolute atomic E-state index is 12.7. The molecule has 23 heavy (non-hydrogen) atoms. The van der Waals surface area contributed by atoms with Gasteiger partial charge in [-0.1, -0.05) is 36.4 Å². The monoisotopic (exact) mass is 329 g/mol. The molecular weight excluding hydrogens is 314 g/mol. The first kappa shape index (κ1) is 15.2. The van der Waals surface area contributed by atoms with Crippen molar-refractivity contribution in [2.24, 2.45) is 0 Å². The van der Waals surface area contributed by atoms with Gasteiger partial charge >= 0.3 is 0 Å². The third-order valence-corrected chi connectivity index (χ3v) is 4.93. The van der Waals surface area contributed by atoms with Gasteiger partial charge in [0.25, 0.3) is 10.0 Å². The maximum Gasteiger partial charge on any atom is 0.262 e. The van der Waals surface area contributed by atoms with Crippen molar-refractivity contribution in [1.82, 2.24) is 0 Å². The number of nitrogens with one attached hydrogen (secondary N) is 1. The standard InChI is InChI=1S/C17H15NO4S/c1-22-16-10-11-17(13-7-3-2-6-12(13)16)23(20,21)18-14-8-4-5-9-15(14)19/h2-11,18-19H,1H3. The summed E-state index contributed by atoms with van der Waals surface area (Å²) in [5.74, 6) is 0.469. The van der Waals surface area contributed by atoms with Crippen LogP contribution in [0.1, 0.15) is 0 Å². The fraction of sp³-hybridized carbons (Fsp3) is 0.0588. The molecule has 6 heteroatoms. The molecule has 0 aliphatic heterocycles. The molecular formula is C17H15NO4S. The first-order valence-corrected chi connectivity index (χ1v) is 8.38. The van der Waals surface area contributed by atoms with Gasteiger partial charge < -0.3 is 9.84 Å². The molecule has 0 spiro atoms. The fourth-order valence-electron chi connectivity index (χ4n) is 2.42. The summed E-state index contributed by atoms with van der Waals surface area (Å²) in [4.78, 5) is 0.122. The number of ether oxygens (including phenoxy) is 1. The zero-order valence-electron chi connectivity index (χ0n) is 12.4. The molecule has 2 N–H and O–H groups in total. The van der Waals surface area contributed by atoms with Crippen molar-refractivity contribution < 1.29 is 18.3 Å². The SMILES string of the molecule is COc1ccc(S(=O)(=O)Nc2ccccc2O)c2ccccc12. The third kappa shape index (κ3) is 2.80. The number of sulfonamides is 1. The number of methoxy groups -OCH3 is 1. The summed E-state index contributed by atoms with van der Waals surface area (Å²) in [6, 6.07) is 16.4. The van der Waals surface area contributed by atoms with Crippen molar-refractivity contribution in [2.75, 3.05) is 11.8 Å². The summed E-state index contributed by atoms with van der Waals surface area (Å²) in [6.45, 7) is 0. The van der Waals surface area contributed by atoms with E-state index < -0.39 is 10.0 Å². The van der Waals surface area contributed by atoms with Gasteiger partial charge in [0.15, 0.2) is 0 Å². The Labute approximate surface area is 134 Å². The van der Waals surface area contributed by atoms with E-state index in [1.165, 1.54) is 25.3 Å². The lowest BCUT2D eigenvalue weighted by molar-refractivity contribution is 0.419. The lowest BCUT2D eigenvalue weighted by atomic mass is 10.1. The largest absolute Gasteiger partial charge is 0.506 e. The number of phenolic OH excluding ortho intramolecular Hbond substituents is 1. The molecule has 0 radical (unpaired) electrons. The Bertz CT molecular complexity index is 967. The lowest BCUT2D eigenvalue weighted by Crippen LogP contribution is -2.13. The summed E-state index contributed by atoms with van der Waals surface area (Å²) in [5.41, 5.74) is 0.132. The summed E-state index contributed by atoms with van der Waals surface area (Å²) >= 11 is 0. The van der Waals surface area contributed by atoms with E-state index in [2.05, 4.69) is 4.72 Å². The highest BCUT2D eigenvalue weighted by Gasteiger charge is 2.20. The minimum atomic E-state index is -3.85. The molecule has 0 fully saturated rings. The number of anilines is 1. The molecule has 0 heterocycles. The van der Waals surface area contributed by atoms with Crippen molar-refractivity contribution in [1.29, 1.82) is 0 Å². The Morgan fingerprint density at radius 2 is 1.57 bits per heavy atom. The van der Waals surface area contributed by atoms with Crippen LogP contribution in [-0.4, -0.2) is 20.6 Å². The quantitative estimate of drug-likeness (QED) is 0.720. The number of hydrogen-bond donors (Lipinski definition) is 2. The number of benzene rings is 3. The minimum Gasteiger partial charge on any atom is -0.506 e. The lowest BCUT2D eigenvalue weighted by Gasteiger charge is -2.13. The summed E-state index contributed by atoms with van der Waals surface area (Å²) in [5, 5.41) is 11.0. The van der Waals surface area contributed by atoms with Crippen LogP contribution in [0.2, 0.25) is 0 Å². The number of rotatable bonds is 4.